The maximum absolute atomic E-state index is 12.7. The summed E-state index contributed by atoms with van der Waals surface area (Å²) in [6.07, 6.45) is 3.53. The second kappa shape index (κ2) is 19.1. The fraction of sp³-hybridized carbons (Fsp3) is 0.208. The van der Waals surface area contributed by atoms with Crippen LogP contribution in [-0.4, -0.2) is 35.4 Å². The van der Waals surface area contributed by atoms with Gasteiger partial charge in [0.25, 0.3) is 0 Å². The highest BCUT2D eigenvalue weighted by atomic mass is 16.6. The molecule has 0 aliphatic heterocycles. The van der Waals surface area contributed by atoms with Crippen LogP contribution in [0.15, 0.2) is 146 Å². The molecule has 274 valence electrons. The molecule has 0 spiro atoms. The van der Waals surface area contributed by atoms with Gasteiger partial charge in [-0.05, 0) is 68.5 Å². The summed E-state index contributed by atoms with van der Waals surface area (Å²) in [4.78, 5) is 25.4. The Balaban J connectivity index is 1.00. The molecule has 0 saturated heterocycles. The molecule has 0 unspecified atom stereocenters. The number of carbonyl (C=O) groups is 2. The average Bonchev–Trinajstić information content (AvgIpc) is 3.20. The number of aryl methyl sites for hydroxylation is 2. The number of phenolic OH excluding ortho intramolecular Hbond substituents is 2. The molecule has 6 aromatic carbocycles. The van der Waals surface area contributed by atoms with Crippen molar-refractivity contribution >= 4 is 11.9 Å². The van der Waals surface area contributed by atoms with Crippen LogP contribution >= 0.6 is 0 Å². The normalized spacial score (nSPS) is 10.9. The lowest BCUT2D eigenvalue weighted by atomic mass is 9.93. The van der Waals surface area contributed by atoms with E-state index in [2.05, 4.69) is 0 Å². The molecule has 0 aliphatic rings. The van der Waals surface area contributed by atoms with Crippen LogP contribution in [0.2, 0.25) is 0 Å². The quantitative estimate of drug-likeness (QED) is 0.0722. The van der Waals surface area contributed by atoms with Crippen LogP contribution in [0.4, 0.5) is 0 Å². The van der Waals surface area contributed by atoms with E-state index in [4.69, 9.17) is 9.47 Å². The molecule has 0 saturated carbocycles. The molecule has 6 rings (SSSR count). The Kier molecular flexibility index (Phi) is 13.3. The fourth-order valence-corrected chi connectivity index (χ4v) is 6.70. The molecule has 0 radical (unpaired) electrons. The van der Waals surface area contributed by atoms with Crippen molar-refractivity contribution in [2.24, 2.45) is 0 Å². The molecule has 0 atom stereocenters. The van der Waals surface area contributed by atoms with Crippen molar-refractivity contribution in [1.82, 2.24) is 0 Å². The van der Waals surface area contributed by atoms with Crippen LogP contribution in [0, 0.1) is 0 Å². The molecular weight excluding hydrogens is 673 g/mol. The van der Waals surface area contributed by atoms with Gasteiger partial charge in [-0.25, -0.2) is 0 Å². The van der Waals surface area contributed by atoms with Gasteiger partial charge in [0.1, 0.15) is 24.7 Å². The number of rotatable bonds is 17. The summed E-state index contributed by atoms with van der Waals surface area (Å²) < 4.78 is 10.8. The van der Waals surface area contributed by atoms with E-state index in [1.807, 2.05) is 146 Å². The minimum atomic E-state index is -0.380. The predicted octanol–water partition coefficient (Wildman–Crippen LogP) is 9.11. The summed E-state index contributed by atoms with van der Waals surface area (Å²) in [7, 11) is 0. The summed E-state index contributed by atoms with van der Waals surface area (Å²) in [6.45, 7) is -0.0549. The van der Waals surface area contributed by atoms with E-state index in [-0.39, 0.29) is 49.5 Å². The lowest BCUT2D eigenvalue weighted by molar-refractivity contribution is -0.152. The van der Waals surface area contributed by atoms with Gasteiger partial charge in [-0.3, -0.25) is 9.59 Å². The highest BCUT2D eigenvalue weighted by Crippen LogP contribution is 2.31. The molecule has 6 nitrogen and oxygen atoms in total. The number of hydrogen-bond donors (Lipinski definition) is 2. The highest BCUT2D eigenvalue weighted by Gasteiger charge is 2.15. The van der Waals surface area contributed by atoms with Gasteiger partial charge in [0, 0.05) is 38.5 Å². The minimum Gasteiger partial charge on any atom is -0.507 e. The van der Waals surface area contributed by atoms with E-state index in [1.165, 1.54) is 0 Å². The van der Waals surface area contributed by atoms with E-state index in [0.717, 1.165) is 55.6 Å². The predicted molar refractivity (Wildman–Crippen MR) is 212 cm³/mol. The van der Waals surface area contributed by atoms with E-state index in [9.17, 15) is 19.8 Å². The summed E-state index contributed by atoms with van der Waals surface area (Å²) >= 11 is 0. The molecule has 0 fully saturated rings. The monoisotopic (exact) mass is 718 g/mol. The zero-order valence-electron chi connectivity index (χ0n) is 30.5. The maximum atomic E-state index is 12.7. The third-order valence-corrected chi connectivity index (χ3v) is 9.45. The maximum Gasteiger partial charge on any atom is 0.306 e. The number of esters is 2. The number of benzene rings is 6. The zero-order chi connectivity index (χ0) is 37.5. The van der Waals surface area contributed by atoms with E-state index in [1.54, 1.807) is 0 Å². The second-order valence-corrected chi connectivity index (χ2v) is 13.6. The van der Waals surface area contributed by atoms with E-state index in [0.29, 0.717) is 38.5 Å². The molecule has 6 heteroatoms. The summed E-state index contributed by atoms with van der Waals surface area (Å²) in [5.74, 6) is -0.202. The summed E-state index contributed by atoms with van der Waals surface area (Å²) in [5, 5.41) is 22.4. The lowest BCUT2D eigenvalue weighted by Crippen LogP contribution is -2.14. The van der Waals surface area contributed by atoms with Crippen LogP contribution in [0.3, 0.4) is 0 Å². The Morgan fingerprint density at radius 3 is 0.907 bits per heavy atom. The first-order valence-corrected chi connectivity index (χ1v) is 18.5. The minimum absolute atomic E-state index is 0.0275. The van der Waals surface area contributed by atoms with Crippen molar-refractivity contribution in [3.63, 3.8) is 0 Å². The number of hydrogen-bond acceptors (Lipinski definition) is 6. The number of phenols is 2. The SMILES string of the molecule is O=C(CCc1cc(Cc2ccccc2)c(O)c(Cc2ccccc2)c1)OCCOC(=O)CCc1cc(Cc2ccccc2)c(O)c(Cc2ccccc2)c1. The fourth-order valence-electron chi connectivity index (χ4n) is 6.70. The van der Waals surface area contributed by atoms with Crippen molar-refractivity contribution in [3.05, 3.63) is 201 Å². The number of aromatic hydroxyl groups is 2. The van der Waals surface area contributed by atoms with Crippen molar-refractivity contribution < 1.29 is 29.3 Å². The lowest BCUT2D eigenvalue weighted by Gasteiger charge is -2.14. The Morgan fingerprint density at radius 1 is 0.389 bits per heavy atom. The highest BCUT2D eigenvalue weighted by molar-refractivity contribution is 5.71. The van der Waals surface area contributed by atoms with Gasteiger partial charge >= 0.3 is 11.9 Å². The van der Waals surface area contributed by atoms with E-state index < -0.39 is 0 Å². The van der Waals surface area contributed by atoms with Gasteiger partial charge in [-0.1, -0.05) is 146 Å². The van der Waals surface area contributed by atoms with Gasteiger partial charge in [-0.15, -0.1) is 0 Å². The third kappa shape index (κ3) is 11.2. The van der Waals surface area contributed by atoms with Crippen molar-refractivity contribution in [2.45, 2.75) is 51.4 Å². The standard InChI is InChI=1S/C48H46O6/c49-45(23-21-39-31-41(27-35-13-5-1-6-14-35)47(51)42(32-39)28-36-15-7-2-8-16-36)53-25-26-54-46(50)24-22-40-33-43(29-37-17-9-3-10-18-37)48(52)44(34-40)30-38-19-11-4-12-20-38/h1-20,31-34,51-52H,21-30H2. The molecular formula is C48H46O6. The van der Waals surface area contributed by atoms with Gasteiger partial charge < -0.3 is 19.7 Å². The first kappa shape index (κ1) is 37.6. The Labute approximate surface area is 317 Å². The van der Waals surface area contributed by atoms with Crippen LogP contribution in [0.5, 0.6) is 11.5 Å². The molecule has 2 N–H and O–H groups in total. The third-order valence-electron chi connectivity index (χ3n) is 9.45. The molecule has 0 aromatic heterocycles. The van der Waals surface area contributed by atoms with Gasteiger partial charge in [0.2, 0.25) is 0 Å². The smallest absolute Gasteiger partial charge is 0.306 e. The summed E-state index contributed by atoms with van der Waals surface area (Å²) in [6, 6.07) is 47.9. The Hall–Kier alpha value is -6.14. The van der Waals surface area contributed by atoms with Crippen LogP contribution in [0.25, 0.3) is 0 Å². The first-order valence-electron chi connectivity index (χ1n) is 18.5. The van der Waals surface area contributed by atoms with E-state index >= 15 is 0 Å². The van der Waals surface area contributed by atoms with Crippen LogP contribution in [-0.2, 0) is 57.6 Å². The molecule has 0 heterocycles. The van der Waals surface area contributed by atoms with Crippen molar-refractivity contribution in [2.75, 3.05) is 13.2 Å². The van der Waals surface area contributed by atoms with Gasteiger partial charge in [0.15, 0.2) is 0 Å². The average molecular weight is 719 g/mol. The van der Waals surface area contributed by atoms with Crippen molar-refractivity contribution in [1.29, 1.82) is 0 Å². The Morgan fingerprint density at radius 2 is 0.648 bits per heavy atom. The van der Waals surface area contributed by atoms with Crippen molar-refractivity contribution in [3.8, 4) is 11.5 Å². The molecule has 0 amide bonds. The molecule has 0 aliphatic carbocycles. The number of carbonyl (C=O) groups excluding carboxylic acids is 2. The van der Waals surface area contributed by atoms with Crippen LogP contribution in [0.1, 0.15) is 68.5 Å². The summed E-state index contributed by atoms with van der Waals surface area (Å²) in [5.41, 5.74) is 9.52. The topological polar surface area (TPSA) is 93.1 Å². The van der Waals surface area contributed by atoms with Crippen LogP contribution < -0.4 is 0 Å². The first-order chi connectivity index (χ1) is 26.4. The van der Waals surface area contributed by atoms with Gasteiger partial charge in [0.05, 0.1) is 0 Å². The largest absolute Gasteiger partial charge is 0.507 e. The number of ether oxygens (including phenoxy) is 2. The van der Waals surface area contributed by atoms with Gasteiger partial charge in [-0.2, -0.15) is 0 Å². The molecule has 6 aromatic rings. The molecule has 0 bridgehead atoms. The zero-order valence-corrected chi connectivity index (χ0v) is 30.5. The Bertz CT molecular complexity index is 1830. The molecule has 54 heavy (non-hydrogen) atoms. The second-order valence-electron chi connectivity index (χ2n) is 13.6.